The van der Waals surface area contributed by atoms with Crippen LogP contribution in [0.1, 0.15) is 26.6 Å². The first-order valence-electron chi connectivity index (χ1n) is 6.82. The molecular weight excluding hydrogens is 293 g/mol. The van der Waals surface area contributed by atoms with Crippen molar-refractivity contribution in [1.29, 1.82) is 0 Å². The summed E-state index contributed by atoms with van der Waals surface area (Å²) in [5.74, 6) is 0.632. The number of rotatable bonds is 4. The molecule has 0 saturated carbocycles. The summed E-state index contributed by atoms with van der Waals surface area (Å²) < 4.78 is 15.1. The summed E-state index contributed by atoms with van der Waals surface area (Å²) in [6, 6.07) is 4.37. The van der Waals surface area contributed by atoms with Gasteiger partial charge in [-0.2, -0.15) is 0 Å². The summed E-state index contributed by atoms with van der Waals surface area (Å²) >= 11 is 5.78. The molecule has 1 aromatic heterocycles. The summed E-state index contributed by atoms with van der Waals surface area (Å²) in [4.78, 5) is 16.5. The van der Waals surface area contributed by atoms with E-state index in [2.05, 4.69) is 10.3 Å². The SMILES string of the molecule is CC(C)(C)NC(=O)Cn1c(CCCl)nc2cc(F)ccc21. The lowest BCUT2D eigenvalue weighted by molar-refractivity contribution is -0.123. The zero-order chi connectivity index (χ0) is 15.6. The normalized spacial score (nSPS) is 11.9. The summed E-state index contributed by atoms with van der Waals surface area (Å²) in [7, 11) is 0. The minimum atomic E-state index is -0.344. The Bertz CT molecular complexity index is 661. The third-order valence-electron chi connectivity index (χ3n) is 2.92. The number of nitrogens with zero attached hydrogens (tertiary/aromatic N) is 2. The number of carbonyl (C=O) groups is 1. The number of hydrogen-bond acceptors (Lipinski definition) is 2. The second kappa shape index (κ2) is 6.02. The number of carbonyl (C=O) groups excluding carboxylic acids is 1. The van der Waals surface area contributed by atoms with Gasteiger partial charge in [-0.15, -0.1) is 11.6 Å². The molecule has 4 nitrogen and oxygen atoms in total. The van der Waals surface area contributed by atoms with E-state index in [0.29, 0.717) is 23.6 Å². The molecule has 1 N–H and O–H groups in total. The van der Waals surface area contributed by atoms with Crippen LogP contribution in [-0.4, -0.2) is 26.9 Å². The van der Waals surface area contributed by atoms with Crippen LogP contribution in [0.5, 0.6) is 0 Å². The number of benzene rings is 1. The zero-order valence-corrected chi connectivity index (χ0v) is 13.2. The van der Waals surface area contributed by atoms with Crippen LogP contribution in [-0.2, 0) is 17.8 Å². The largest absolute Gasteiger partial charge is 0.350 e. The Hall–Kier alpha value is -1.62. The van der Waals surface area contributed by atoms with Crippen LogP contribution in [0.2, 0.25) is 0 Å². The van der Waals surface area contributed by atoms with E-state index in [1.165, 1.54) is 12.1 Å². The fraction of sp³-hybridized carbons (Fsp3) is 0.467. The van der Waals surface area contributed by atoms with E-state index in [0.717, 1.165) is 5.52 Å². The van der Waals surface area contributed by atoms with E-state index in [1.807, 2.05) is 20.8 Å². The van der Waals surface area contributed by atoms with Crippen molar-refractivity contribution in [1.82, 2.24) is 14.9 Å². The molecule has 0 fully saturated rings. The van der Waals surface area contributed by atoms with E-state index in [-0.39, 0.29) is 23.8 Å². The lowest BCUT2D eigenvalue weighted by Crippen LogP contribution is -2.42. The van der Waals surface area contributed by atoms with Crippen molar-refractivity contribution >= 4 is 28.5 Å². The highest BCUT2D eigenvalue weighted by atomic mass is 35.5. The first-order valence-corrected chi connectivity index (χ1v) is 7.35. The number of aromatic nitrogens is 2. The minimum absolute atomic E-state index is 0.109. The zero-order valence-electron chi connectivity index (χ0n) is 12.4. The summed E-state index contributed by atoms with van der Waals surface area (Å²) in [5.41, 5.74) is 0.978. The van der Waals surface area contributed by atoms with Crippen molar-refractivity contribution in [3.05, 3.63) is 29.8 Å². The lowest BCUT2D eigenvalue weighted by Gasteiger charge is -2.21. The van der Waals surface area contributed by atoms with Crippen molar-refractivity contribution in [2.75, 3.05) is 5.88 Å². The quantitative estimate of drug-likeness (QED) is 0.883. The van der Waals surface area contributed by atoms with Crippen molar-refractivity contribution in [2.24, 2.45) is 0 Å². The first-order chi connectivity index (χ1) is 9.80. The standard InChI is InChI=1S/C15H19ClFN3O/c1-15(2,3)19-14(21)9-20-12-5-4-10(17)8-11(12)18-13(20)6-7-16/h4-5,8H,6-7,9H2,1-3H3,(H,19,21). The topological polar surface area (TPSA) is 46.9 Å². The molecule has 0 aliphatic rings. The van der Waals surface area contributed by atoms with Gasteiger partial charge in [-0.3, -0.25) is 4.79 Å². The van der Waals surface area contributed by atoms with Crippen molar-refractivity contribution < 1.29 is 9.18 Å². The van der Waals surface area contributed by atoms with Crippen LogP contribution in [0.4, 0.5) is 4.39 Å². The summed E-state index contributed by atoms with van der Waals surface area (Å²) in [5, 5.41) is 2.91. The van der Waals surface area contributed by atoms with Gasteiger partial charge in [-0.05, 0) is 32.9 Å². The van der Waals surface area contributed by atoms with Crippen LogP contribution in [0.15, 0.2) is 18.2 Å². The molecular formula is C15H19ClFN3O. The van der Waals surface area contributed by atoms with Crippen LogP contribution in [0.3, 0.4) is 0 Å². The van der Waals surface area contributed by atoms with Gasteiger partial charge in [-0.25, -0.2) is 9.37 Å². The average Bonchev–Trinajstić information content (AvgIpc) is 2.64. The average molecular weight is 312 g/mol. The molecule has 0 saturated heterocycles. The number of imidazole rings is 1. The van der Waals surface area contributed by atoms with Gasteiger partial charge in [0.25, 0.3) is 0 Å². The van der Waals surface area contributed by atoms with Gasteiger partial charge in [0.15, 0.2) is 0 Å². The molecule has 2 rings (SSSR count). The first kappa shape index (κ1) is 15.8. The van der Waals surface area contributed by atoms with Crippen LogP contribution < -0.4 is 5.32 Å². The highest BCUT2D eigenvalue weighted by molar-refractivity contribution is 6.17. The van der Waals surface area contributed by atoms with Gasteiger partial charge in [0, 0.05) is 23.9 Å². The molecule has 1 aromatic carbocycles. The molecule has 114 valence electrons. The lowest BCUT2D eigenvalue weighted by atomic mass is 10.1. The third kappa shape index (κ3) is 3.94. The van der Waals surface area contributed by atoms with Crippen molar-refractivity contribution in [3.63, 3.8) is 0 Å². The van der Waals surface area contributed by atoms with Crippen LogP contribution >= 0.6 is 11.6 Å². The molecule has 6 heteroatoms. The molecule has 0 aliphatic carbocycles. The second-order valence-electron chi connectivity index (χ2n) is 5.98. The maximum atomic E-state index is 13.3. The molecule has 0 atom stereocenters. The minimum Gasteiger partial charge on any atom is -0.350 e. The van der Waals surface area contributed by atoms with E-state index in [9.17, 15) is 9.18 Å². The Morgan fingerprint density at radius 1 is 1.43 bits per heavy atom. The van der Waals surface area contributed by atoms with E-state index >= 15 is 0 Å². The molecule has 1 amide bonds. The number of fused-ring (bicyclic) bond motifs is 1. The smallest absolute Gasteiger partial charge is 0.240 e. The molecule has 0 spiro atoms. The van der Waals surface area contributed by atoms with Gasteiger partial charge >= 0.3 is 0 Å². The number of amides is 1. The number of aryl methyl sites for hydroxylation is 1. The predicted molar refractivity (Wildman–Crippen MR) is 82.0 cm³/mol. The van der Waals surface area contributed by atoms with Gasteiger partial charge < -0.3 is 9.88 Å². The van der Waals surface area contributed by atoms with E-state index in [4.69, 9.17) is 11.6 Å². The highest BCUT2D eigenvalue weighted by Crippen LogP contribution is 2.18. The number of alkyl halides is 1. The van der Waals surface area contributed by atoms with Crippen LogP contribution in [0.25, 0.3) is 11.0 Å². The van der Waals surface area contributed by atoms with Crippen LogP contribution in [0, 0.1) is 5.82 Å². The summed E-state index contributed by atoms with van der Waals surface area (Å²) in [6.07, 6.45) is 0.528. The predicted octanol–water partition coefficient (Wildman–Crippen LogP) is 2.87. The molecule has 0 unspecified atom stereocenters. The van der Waals surface area contributed by atoms with Crippen molar-refractivity contribution in [3.8, 4) is 0 Å². The summed E-state index contributed by atoms with van der Waals surface area (Å²) in [6.45, 7) is 5.91. The second-order valence-corrected chi connectivity index (χ2v) is 6.36. The fourth-order valence-corrected chi connectivity index (χ4v) is 2.38. The Kier molecular flexibility index (Phi) is 4.52. The van der Waals surface area contributed by atoms with E-state index < -0.39 is 0 Å². The Morgan fingerprint density at radius 3 is 2.76 bits per heavy atom. The van der Waals surface area contributed by atoms with Gasteiger partial charge in [0.05, 0.1) is 11.0 Å². The molecule has 1 heterocycles. The molecule has 0 radical (unpaired) electrons. The fourth-order valence-electron chi connectivity index (χ4n) is 2.21. The maximum Gasteiger partial charge on any atom is 0.240 e. The number of halogens is 2. The highest BCUT2D eigenvalue weighted by Gasteiger charge is 2.17. The molecule has 0 aliphatic heterocycles. The monoisotopic (exact) mass is 311 g/mol. The Morgan fingerprint density at radius 2 is 2.14 bits per heavy atom. The van der Waals surface area contributed by atoms with Gasteiger partial charge in [-0.1, -0.05) is 0 Å². The third-order valence-corrected chi connectivity index (χ3v) is 3.11. The molecule has 21 heavy (non-hydrogen) atoms. The number of hydrogen-bond donors (Lipinski definition) is 1. The maximum absolute atomic E-state index is 13.3. The Labute approximate surface area is 128 Å². The number of nitrogens with one attached hydrogen (secondary N) is 1. The van der Waals surface area contributed by atoms with Gasteiger partial charge in [0.2, 0.25) is 5.91 Å². The molecule has 0 bridgehead atoms. The van der Waals surface area contributed by atoms with Crippen molar-refractivity contribution in [2.45, 2.75) is 39.3 Å². The molecule has 2 aromatic rings. The van der Waals surface area contributed by atoms with Gasteiger partial charge in [0.1, 0.15) is 18.2 Å². The Balaban J connectivity index is 2.36. The van der Waals surface area contributed by atoms with E-state index in [1.54, 1.807) is 10.6 Å².